The van der Waals surface area contributed by atoms with Crippen molar-refractivity contribution < 1.29 is 8.42 Å². The molecule has 1 aliphatic rings. The van der Waals surface area contributed by atoms with E-state index in [2.05, 4.69) is 10.3 Å². The van der Waals surface area contributed by atoms with Gasteiger partial charge in [0.05, 0.1) is 5.69 Å². The molecule has 106 valence electrons. The number of hydrogen-bond donors (Lipinski definition) is 1. The Hall–Kier alpha value is -0.790. The Labute approximate surface area is 118 Å². The van der Waals surface area contributed by atoms with Crippen LogP contribution in [-0.4, -0.2) is 55.0 Å². The Kier molecular flexibility index (Phi) is 4.70. The van der Waals surface area contributed by atoms with Crippen molar-refractivity contribution in [3.05, 3.63) is 23.9 Å². The maximum absolute atomic E-state index is 11.8. The van der Waals surface area contributed by atoms with E-state index in [0.29, 0.717) is 12.3 Å². The summed E-state index contributed by atoms with van der Waals surface area (Å²) in [6, 6.07) is 5.76. The van der Waals surface area contributed by atoms with Crippen LogP contribution in [0.4, 0.5) is 5.82 Å². The molecule has 1 atom stereocenters. The minimum Gasteiger partial charge on any atom is -0.373 e. The van der Waals surface area contributed by atoms with Crippen molar-refractivity contribution in [1.29, 1.82) is 0 Å². The van der Waals surface area contributed by atoms with E-state index >= 15 is 0 Å². The van der Waals surface area contributed by atoms with E-state index in [-0.39, 0.29) is 0 Å². The lowest BCUT2D eigenvalue weighted by atomic mass is 10.3. The van der Waals surface area contributed by atoms with E-state index in [4.69, 9.17) is 0 Å². The normalized spacial score (nSPS) is 21.3. The molecule has 1 unspecified atom stereocenters. The number of nitrogens with one attached hydrogen (secondary N) is 1. The fraction of sp³-hybridized carbons (Fsp3) is 0.583. The molecule has 0 amide bonds. The summed E-state index contributed by atoms with van der Waals surface area (Å²) in [5.41, 5.74) is 0.896. The van der Waals surface area contributed by atoms with Crippen molar-refractivity contribution in [2.75, 3.05) is 36.7 Å². The Morgan fingerprint density at radius 3 is 3.00 bits per heavy atom. The molecule has 1 aromatic heterocycles. The van der Waals surface area contributed by atoms with Crippen LogP contribution in [0.3, 0.4) is 0 Å². The van der Waals surface area contributed by atoms with Gasteiger partial charge in [-0.05, 0) is 12.1 Å². The van der Waals surface area contributed by atoms with Crippen LogP contribution in [0.1, 0.15) is 5.69 Å². The fourth-order valence-corrected chi connectivity index (χ4v) is 5.05. The molecule has 1 fully saturated rings. The molecule has 2 heterocycles. The van der Waals surface area contributed by atoms with Crippen LogP contribution >= 0.6 is 11.8 Å². The summed E-state index contributed by atoms with van der Waals surface area (Å²) in [6.45, 7) is 1.36. The monoisotopic (exact) mass is 301 g/mol. The first kappa shape index (κ1) is 14.6. The maximum Gasteiger partial charge on any atom is 0.164 e. The van der Waals surface area contributed by atoms with Crippen molar-refractivity contribution >= 4 is 27.4 Å². The number of pyridine rings is 1. The fourth-order valence-electron chi connectivity index (χ4n) is 2.11. The van der Waals surface area contributed by atoms with Crippen molar-refractivity contribution in [3.63, 3.8) is 0 Å². The molecule has 5 nitrogen and oxygen atoms in total. The van der Waals surface area contributed by atoms with Crippen LogP contribution < -0.4 is 5.32 Å². The van der Waals surface area contributed by atoms with Crippen LogP contribution in [-0.2, 0) is 16.4 Å². The molecular formula is C12H19N3O2S2. The van der Waals surface area contributed by atoms with Gasteiger partial charge in [0.25, 0.3) is 0 Å². The molecule has 0 saturated carbocycles. The summed E-state index contributed by atoms with van der Waals surface area (Å²) in [4.78, 5) is 6.45. The first-order valence-corrected chi connectivity index (χ1v) is 9.26. The lowest BCUT2D eigenvalue weighted by Gasteiger charge is -2.33. The second-order valence-electron chi connectivity index (χ2n) is 4.59. The number of anilines is 1. The zero-order valence-corrected chi connectivity index (χ0v) is 12.8. The topological polar surface area (TPSA) is 62.3 Å². The first-order valence-electron chi connectivity index (χ1n) is 6.15. The molecule has 1 N–H and O–H groups in total. The lowest BCUT2D eigenvalue weighted by Crippen LogP contribution is -2.46. The molecule has 0 aliphatic carbocycles. The highest BCUT2D eigenvalue weighted by Gasteiger charge is 2.31. The Morgan fingerprint density at radius 2 is 2.32 bits per heavy atom. The van der Waals surface area contributed by atoms with Gasteiger partial charge in [0.2, 0.25) is 0 Å². The second kappa shape index (κ2) is 6.11. The average Bonchev–Trinajstić information content (AvgIpc) is 2.38. The Balaban J connectivity index is 2.15. The van der Waals surface area contributed by atoms with Crippen LogP contribution in [0.25, 0.3) is 0 Å². The van der Waals surface area contributed by atoms with Gasteiger partial charge < -0.3 is 5.32 Å². The lowest BCUT2D eigenvalue weighted by molar-refractivity contribution is 0.259. The molecule has 2 rings (SSSR count). The molecule has 1 aromatic rings. The predicted molar refractivity (Wildman–Crippen MR) is 80.2 cm³/mol. The summed E-state index contributed by atoms with van der Waals surface area (Å²) < 4.78 is 23.6. The van der Waals surface area contributed by atoms with Gasteiger partial charge in [-0.25, -0.2) is 13.4 Å². The van der Waals surface area contributed by atoms with Gasteiger partial charge in [-0.3, -0.25) is 4.90 Å². The summed E-state index contributed by atoms with van der Waals surface area (Å²) in [7, 11) is -1.23. The van der Waals surface area contributed by atoms with Crippen LogP contribution in [0.2, 0.25) is 0 Å². The number of aromatic nitrogens is 1. The number of rotatable bonds is 4. The highest BCUT2D eigenvalue weighted by molar-refractivity contribution is 8.00. The van der Waals surface area contributed by atoms with Gasteiger partial charge >= 0.3 is 0 Å². The first-order chi connectivity index (χ1) is 9.00. The molecule has 1 saturated heterocycles. The number of nitrogens with zero attached hydrogens (tertiary/aromatic N) is 2. The quantitative estimate of drug-likeness (QED) is 0.897. The minimum atomic E-state index is -3.05. The average molecular weight is 301 g/mol. The largest absolute Gasteiger partial charge is 0.373 e. The van der Waals surface area contributed by atoms with Crippen molar-refractivity contribution in [2.24, 2.45) is 0 Å². The molecule has 7 heteroatoms. The number of hydrogen-bond acceptors (Lipinski definition) is 6. The SMILES string of the molecule is CNc1cccc(CN2CCSCC2S(C)(=O)=O)n1. The molecule has 0 aromatic carbocycles. The third kappa shape index (κ3) is 3.84. The molecule has 0 radical (unpaired) electrons. The van der Waals surface area contributed by atoms with E-state index in [1.54, 1.807) is 11.8 Å². The molecule has 0 spiro atoms. The number of thioether (sulfide) groups is 1. The van der Waals surface area contributed by atoms with Crippen LogP contribution in [0, 0.1) is 0 Å². The second-order valence-corrected chi connectivity index (χ2v) is 7.95. The zero-order chi connectivity index (χ0) is 13.9. The predicted octanol–water partition coefficient (Wildman–Crippen LogP) is 1.04. The van der Waals surface area contributed by atoms with Gasteiger partial charge in [0, 0.05) is 37.9 Å². The van der Waals surface area contributed by atoms with Gasteiger partial charge in [-0.1, -0.05) is 6.07 Å². The van der Waals surface area contributed by atoms with E-state index < -0.39 is 15.2 Å². The van der Waals surface area contributed by atoms with Crippen LogP contribution in [0.5, 0.6) is 0 Å². The summed E-state index contributed by atoms with van der Waals surface area (Å²) >= 11 is 1.70. The van der Waals surface area contributed by atoms with E-state index in [0.717, 1.165) is 23.8 Å². The third-order valence-electron chi connectivity index (χ3n) is 3.11. The molecule has 0 bridgehead atoms. The van der Waals surface area contributed by atoms with Crippen LogP contribution in [0.15, 0.2) is 18.2 Å². The smallest absolute Gasteiger partial charge is 0.164 e. The Morgan fingerprint density at radius 1 is 1.53 bits per heavy atom. The molecular weight excluding hydrogens is 282 g/mol. The Bertz CT molecular complexity index is 534. The standard InChI is InChI=1S/C12H19N3O2S2/c1-13-11-5-3-4-10(14-11)8-15-6-7-18-9-12(15)19(2,16)17/h3-5,12H,6-9H2,1-2H3,(H,13,14). The van der Waals surface area contributed by atoms with E-state index in [1.807, 2.05) is 30.1 Å². The van der Waals surface area contributed by atoms with Crippen molar-refractivity contribution in [2.45, 2.75) is 11.9 Å². The minimum absolute atomic E-state index is 0.397. The van der Waals surface area contributed by atoms with Gasteiger partial charge in [0.15, 0.2) is 9.84 Å². The van der Waals surface area contributed by atoms with Gasteiger partial charge in [-0.15, -0.1) is 0 Å². The van der Waals surface area contributed by atoms with Gasteiger partial charge in [-0.2, -0.15) is 11.8 Å². The highest BCUT2D eigenvalue weighted by atomic mass is 32.2. The summed E-state index contributed by atoms with van der Waals surface area (Å²) in [5.74, 6) is 2.42. The van der Waals surface area contributed by atoms with Gasteiger partial charge in [0.1, 0.15) is 11.2 Å². The van der Waals surface area contributed by atoms with E-state index in [1.165, 1.54) is 6.26 Å². The highest BCUT2D eigenvalue weighted by Crippen LogP contribution is 2.22. The maximum atomic E-state index is 11.8. The van der Waals surface area contributed by atoms with E-state index in [9.17, 15) is 8.42 Å². The molecule has 1 aliphatic heterocycles. The number of sulfone groups is 1. The summed E-state index contributed by atoms with van der Waals surface area (Å²) in [5, 5.41) is 2.60. The summed E-state index contributed by atoms with van der Waals surface area (Å²) in [6.07, 6.45) is 1.31. The zero-order valence-electron chi connectivity index (χ0n) is 11.2. The molecule has 19 heavy (non-hydrogen) atoms. The third-order valence-corrected chi connectivity index (χ3v) is 5.80. The van der Waals surface area contributed by atoms with Crippen molar-refractivity contribution in [3.8, 4) is 0 Å². The van der Waals surface area contributed by atoms with Crippen molar-refractivity contribution in [1.82, 2.24) is 9.88 Å².